The maximum atomic E-state index is 4.58. The Kier molecular flexibility index (Phi) is 4.59. The van der Waals surface area contributed by atoms with E-state index >= 15 is 0 Å². The molecule has 2 rings (SSSR count). The van der Waals surface area contributed by atoms with Gasteiger partial charge in [0.25, 0.3) is 0 Å². The molecule has 0 aromatic carbocycles. The first kappa shape index (κ1) is 13.3. The van der Waals surface area contributed by atoms with Gasteiger partial charge >= 0.3 is 0 Å². The third-order valence-electron chi connectivity index (χ3n) is 3.83. The summed E-state index contributed by atoms with van der Waals surface area (Å²) < 4.78 is 0. The standard InChI is InChI=1S/C15H25N3/c1-4-14(5-2)18(3)15-9-6-12(11-17-15)10-16-13-7-8-13/h6,9,11,13-14,16H,4-5,7-8,10H2,1-3H3. The fraction of sp³-hybridized carbons (Fsp3) is 0.667. The van der Waals surface area contributed by atoms with Crippen molar-refractivity contribution in [2.45, 2.75) is 58.2 Å². The fourth-order valence-corrected chi connectivity index (χ4v) is 2.30. The van der Waals surface area contributed by atoms with Gasteiger partial charge in [-0.25, -0.2) is 4.98 Å². The van der Waals surface area contributed by atoms with Crippen LogP contribution in [-0.4, -0.2) is 24.1 Å². The van der Waals surface area contributed by atoms with Gasteiger partial charge in [-0.05, 0) is 37.3 Å². The molecule has 0 atom stereocenters. The zero-order valence-electron chi connectivity index (χ0n) is 11.8. The maximum absolute atomic E-state index is 4.58. The molecule has 1 aliphatic carbocycles. The molecular formula is C15H25N3. The summed E-state index contributed by atoms with van der Waals surface area (Å²) in [6.45, 7) is 5.42. The molecule has 1 aliphatic rings. The highest BCUT2D eigenvalue weighted by molar-refractivity contribution is 5.39. The Labute approximate surface area is 111 Å². The monoisotopic (exact) mass is 247 g/mol. The highest BCUT2D eigenvalue weighted by Gasteiger charge is 2.20. The average molecular weight is 247 g/mol. The predicted octanol–water partition coefficient (Wildman–Crippen LogP) is 2.96. The largest absolute Gasteiger partial charge is 0.357 e. The topological polar surface area (TPSA) is 28.2 Å². The summed E-state index contributed by atoms with van der Waals surface area (Å²) in [7, 11) is 2.14. The van der Waals surface area contributed by atoms with Crippen molar-refractivity contribution in [3.8, 4) is 0 Å². The number of pyridine rings is 1. The molecule has 0 unspecified atom stereocenters. The third-order valence-corrected chi connectivity index (χ3v) is 3.83. The molecule has 0 aliphatic heterocycles. The minimum Gasteiger partial charge on any atom is -0.357 e. The first-order chi connectivity index (χ1) is 8.74. The van der Waals surface area contributed by atoms with Crippen LogP contribution in [0.25, 0.3) is 0 Å². The Hall–Kier alpha value is -1.09. The van der Waals surface area contributed by atoms with Crippen molar-refractivity contribution in [3.63, 3.8) is 0 Å². The smallest absolute Gasteiger partial charge is 0.128 e. The zero-order chi connectivity index (χ0) is 13.0. The van der Waals surface area contributed by atoms with Crippen molar-refractivity contribution in [2.24, 2.45) is 0 Å². The Morgan fingerprint density at radius 3 is 2.56 bits per heavy atom. The Bertz CT molecular complexity index is 353. The Morgan fingerprint density at radius 1 is 1.33 bits per heavy atom. The van der Waals surface area contributed by atoms with E-state index in [0.717, 1.165) is 18.4 Å². The van der Waals surface area contributed by atoms with E-state index in [1.807, 2.05) is 6.20 Å². The van der Waals surface area contributed by atoms with Gasteiger partial charge in [-0.15, -0.1) is 0 Å². The molecule has 0 bridgehead atoms. The quantitative estimate of drug-likeness (QED) is 0.803. The minimum absolute atomic E-state index is 0.591. The molecule has 1 aromatic rings. The predicted molar refractivity (Wildman–Crippen MR) is 76.9 cm³/mol. The summed E-state index contributed by atoms with van der Waals surface area (Å²) in [4.78, 5) is 6.87. The van der Waals surface area contributed by atoms with Gasteiger partial charge in [-0.1, -0.05) is 19.9 Å². The van der Waals surface area contributed by atoms with Crippen LogP contribution in [0.4, 0.5) is 5.82 Å². The first-order valence-corrected chi connectivity index (χ1v) is 7.15. The van der Waals surface area contributed by atoms with Crippen LogP contribution < -0.4 is 10.2 Å². The molecular weight excluding hydrogens is 222 g/mol. The van der Waals surface area contributed by atoms with E-state index in [-0.39, 0.29) is 0 Å². The first-order valence-electron chi connectivity index (χ1n) is 7.15. The molecule has 1 N–H and O–H groups in total. The van der Waals surface area contributed by atoms with E-state index in [2.05, 4.69) is 48.2 Å². The molecule has 0 spiro atoms. The highest BCUT2D eigenvalue weighted by Crippen LogP contribution is 2.20. The zero-order valence-corrected chi connectivity index (χ0v) is 11.8. The molecule has 0 radical (unpaired) electrons. The summed E-state index contributed by atoms with van der Waals surface area (Å²) in [6.07, 6.45) is 7.01. The SMILES string of the molecule is CCC(CC)N(C)c1ccc(CNC2CC2)cn1. The second-order valence-electron chi connectivity index (χ2n) is 5.26. The summed E-state index contributed by atoms with van der Waals surface area (Å²) in [5, 5.41) is 3.51. The number of nitrogens with zero attached hydrogens (tertiary/aromatic N) is 2. The van der Waals surface area contributed by atoms with Crippen LogP contribution in [0.5, 0.6) is 0 Å². The number of nitrogens with one attached hydrogen (secondary N) is 1. The van der Waals surface area contributed by atoms with Crippen LogP contribution in [-0.2, 0) is 6.54 Å². The van der Waals surface area contributed by atoms with Crippen molar-refractivity contribution in [1.29, 1.82) is 0 Å². The van der Waals surface area contributed by atoms with E-state index in [9.17, 15) is 0 Å². The fourth-order valence-electron chi connectivity index (χ4n) is 2.30. The number of hydrogen-bond acceptors (Lipinski definition) is 3. The van der Waals surface area contributed by atoms with Gasteiger partial charge in [-0.2, -0.15) is 0 Å². The van der Waals surface area contributed by atoms with Gasteiger partial charge < -0.3 is 10.2 Å². The molecule has 18 heavy (non-hydrogen) atoms. The van der Waals surface area contributed by atoms with Crippen LogP contribution in [0.1, 0.15) is 45.1 Å². The van der Waals surface area contributed by atoms with Crippen LogP contribution in [0.15, 0.2) is 18.3 Å². The number of hydrogen-bond donors (Lipinski definition) is 1. The summed E-state index contributed by atoms with van der Waals surface area (Å²) in [5.74, 6) is 1.08. The van der Waals surface area contributed by atoms with Crippen molar-refractivity contribution in [3.05, 3.63) is 23.9 Å². The van der Waals surface area contributed by atoms with Crippen molar-refractivity contribution in [2.75, 3.05) is 11.9 Å². The minimum atomic E-state index is 0.591. The van der Waals surface area contributed by atoms with Crippen LogP contribution in [0.2, 0.25) is 0 Å². The van der Waals surface area contributed by atoms with Crippen molar-refractivity contribution < 1.29 is 0 Å². The van der Waals surface area contributed by atoms with Crippen LogP contribution in [0.3, 0.4) is 0 Å². The van der Waals surface area contributed by atoms with Crippen LogP contribution in [0, 0.1) is 0 Å². The normalized spacial score (nSPS) is 15.1. The molecule has 1 saturated carbocycles. The lowest BCUT2D eigenvalue weighted by molar-refractivity contribution is 0.586. The summed E-state index contributed by atoms with van der Waals surface area (Å²) in [5.41, 5.74) is 1.28. The molecule has 3 heteroatoms. The summed E-state index contributed by atoms with van der Waals surface area (Å²) in [6, 6.07) is 5.68. The van der Waals surface area contributed by atoms with E-state index in [1.54, 1.807) is 0 Å². The van der Waals surface area contributed by atoms with E-state index in [1.165, 1.54) is 31.2 Å². The van der Waals surface area contributed by atoms with E-state index < -0.39 is 0 Å². The highest BCUT2D eigenvalue weighted by atomic mass is 15.2. The maximum Gasteiger partial charge on any atom is 0.128 e. The van der Waals surface area contributed by atoms with Crippen LogP contribution >= 0.6 is 0 Å². The second-order valence-corrected chi connectivity index (χ2v) is 5.26. The molecule has 1 aromatic heterocycles. The lowest BCUT2D eigenvalue weighted by Crippen LogP contribution is -2.31. The molecule has 0 amide bonds. The number of rotatable bonds is 7. The van der Waals surface area contributed by atoms with E-state index in [0.29, 0.717) is 6.04 Å². The Morgan fingerprint density at radius 2 is 2.06 bits per heavy atom. The van der Waals surface area contributed by atoms with Gasteiger partial charge in [0.1, 0.15) is 5.82 Å². The molecule has 100 valence electrons. The molecule has 3 nitrogen and oxygen atoms in total. The lowest BCUT2D eigenvalue weighted by Gasteiger charge is -2.27. The van der Waals surface area contributed by atoms with Gasteiger partial charge in [0.05, 0.1) is 0 Å². The van der Waals surface area contributed by atoms with Gasteiger partial charge in [0.15, 0.2) is 0 Å². The Balaban J connectivity index is 1.92. The number of anilines is 1. The summed E-state index contributed by atoms with van der Waals surface area (Å²) >= 11 is 0. The van der Waals surface area contributed by atoms with Gasteiger partial charge in [0, 0.05) is 31.9 Å². The van der Waals surface area contributed by atoms with E-state index in [4.69, 9.17) is 0 Å². The van der Waals surface area contributed by atoms with Gasteiger partial charge in [0.2, 0.25) is 0 Å². The molecule has 1 fully saturated rings. The molecule has 0 saturated heterocycles. The van der Waals surface area contributed by atoms with Crippen molar-refractivity contribution in [1.82, 2.24) is 10.3 Å². The average Bonchev–Trinajstić information content (AvgIpc) is 3.22. The van der Waals surface area contributed by atoms with Crippen molar-refractivity contribution >= 4 is 5.82 Å². The second kappa shape index (κ2) is 6.19. The molecule has 1 heterocycles. The number of aromatic nitrogens is 1. The van der Waals surface area contributed by atoms with Gasteiger partial charge in [-0.3, -0.25) is 0 Å². The lowest BCUT2D eigenvalue weighted by atomic mass is 10.1. The third kappa shape index (κ3) is 3.45.